The highest BCUT2D eigenvalue weighted by Gasteiger charge is 2.19. The third-order valence-electron chi connectivity index (χ3n) is 5.15. The predicted molar refractivity (Wildman–Crippen MR) is 105 cm³/mol. The Bertz CT molecular complexity index is 801. The molecule has 0 spiro atoms. The molecule has 0 aliphatic heterocycles. The second-order valence-corrected chi connectivity index (χ2v) is 7.03. The lowest BCUT2D eigenvalue weighted by Crippen LogP contribution is -2.08. The summed E-state index contributed by atoms with van der Waals surface area (Å²) in [6.45, 7) is 11.8. The summed E-state index contributed by atoms with van der Waals surface area (Å²) in [6, 6.07) is 13.3. The Morgan fingerprint density at radius 2 is 1.58 bits per heavy atom. The quantitative estimate of drug-likeness (QED) is 0.706. The molecule has 1 aliphatic carbocycles. The van der Waals surface area contributed by atoms with E-state index in [0.29, 0.717) is 5.92 Å². The Labute approximate surface area is 146 Å². The molecule has 0 amide bonds. The fourth-order valence-corrected chi connectivity index (χ4v) is 3.74. The molecule has 2 aromatic carbocycles. The van der Waals surface area contributed by atoms with Gasteiger partial charge in [-0.05, 0) is 56.9 Å². The number of rotatable bonds is 4. The van der Waals surface area contributed by atoms with Gasteiger partial charge in [0.2, 0.25) is 0 Å². The van der Waals surface area contributed by atoms with E-state index in [2.05, 4.69) is 88.5 Å². The molecule has 2 aromatic rings. The summed E-state index contributed by atoms with van der Waals surface area (Å²) >= 11 is 0. The van der Waals surface area contributed by atoms with Crippen LogP contribution < -0.4 is 5.32 Å². The standard InChI is InChI=1S/C23H27N/c1-15-12-17(3)23(18(4)13-15)24-14-20-8-6-7-9-22(20)21-11-10-16(2)19(21)5/h6-13,21,24H,14H2,1-5H3. The van der Waals surface area contributed by atoms with Crippen LogP contribution in [0.2, 0.25) is 0 Å². The molecular weight excluding hydrogens is 290 g/mol. The van der Waals surface area contributed by atoms with Crippen molar-refractivity contribution in [1.29, 1.82) is 0 Å². The van der Waals surface area contributed by atoms with Gasteiger partial charge in [0.1, 0.15) is 0 Å². The van der Waals surface area contributed by atoms with E-state index in [0.717, 1.165) is 6.54 Å². The number of benzene rings is 2. The maximum absolute atomic E-state index is 3.67. The van der Waals surface area contributed by atoms with Crippen molar-refractivity contribution in [2.75, 3.05) is 5.32 Å². The maximum atomic E-state index is 3.67. The van der Waals surface area contributed by atoms with Gasteiger partial charge in [-0.25, -0.2) is 0 Å². The average Bonchev–Trinajstić information content (AvgIpc) is 2.86. The minimum absolute atomic E-state index is 0.420. The molecule has 0 saturated heterocycles. The van der Waals surface area contributed by atoms with Crippen LogP contribution in [0.1, 0.15) is 47.6 Å². The summed E-state index contributed by atoms with van der Waals surface area (Å²) < 4.78 is 0. The van der Waals surface area contributed by atoms with Crippen LogP contribution in [-0.2, 0) is 6.54 Å². The molecule has 0 bridgehead atoms. The van der Waals surface area contributed by atoms with Gasteiger partial charge < -0.3 is 5.32 Å². The van der Waals surface area contributed by atoms with Crippen molar-refractivity contribution in [3.05, 3.63) is 87.5 Å². The molecule has 0 heterocycles. The zero-order valence-corrected chi connectivity index (χ0v) is 15.4. The van der Waals surface area contributed by atoms with Crippen molar-refractivity contribution in [3.8, 4) is 0 Å². The van der Waals surface area contributed by atoms with Crippen LogP contribution in [0, 0.1) is 20.8 Å². The first-order valence-corrected chi connectivity index (χ1v) is 8.72. The molecule has 0 saturated carbocycles. The van der Waals surface area contributed by atoms with E-state index in [-0.39, 0.29) is 0 Å². The second kappa shape index (κ2) is 6.68. The van der Waals surface area contributed by atoms with Crippen molar-refractivity contribution in [2.24, 2.45) is 0 Å². The summed E-state index contributed by atoms with van der Waals surface area (Å²) in [7, 11) is 0. The molecule has 1 atom stereocenters. The first kappa shape index (κ1) is 16.6. The fourth-order valence-electron chi connectivity index (χ4n) is 3.74. The van der Waals surface area contributed by atoms with Crippen LogP contribution in [0.3, 0.4) is 0 Å². The van der Waals surface area contributed by atoms with Crippen LogP contribution in [0.4, 0.5) is 5.69 Å². The minimum atomic E-state index is 0.420. The monoisotopic (exact) mass is 317 g/mol. The number of hydrogen-bond donors (Lipinski definition) is 1. The first-order chi connectivity index (χ1) is 11.5. The SMILES string of the molecule is CC1=C(C)C(c2ccccc2CNc2c(C)cc(C)cc2C)C=C1. The number of allylic oxidation sites excluding steroid dienone is 4. The third-order valence-corrected chi connectivity index (χ3v) is 5.15. The summed E-state index contributed by atoms with van der Waals surface area (Å²) in [5.41, 5.74) is 10.9. The van der Waals surface area contributed by atoms with Gasteiger partial charge in [0.15, 0.2) is 0 Å². The molecule has 1 aliphatic rings. The van der Waals surface area contributed by atoms with E-state index in [1.165, 1.54) is 44.7 Å². The van der Waals surface area contributed by atoms with Gasteiger partial charge in [-0.3, -0.25) is 0 Å². The van der Waals surface area contributed by atoms with Crippen LogP contribution >= 0.6 is 0 Å². The van der Waals surface area contributed by atoms with Crippen LogP contribution in [-0.4, -0.2) is 0 Å². The smallest absolute Gasteiger partial charge is 0.0404 e. The summed E-state index contributed by atoms with van der Waals surface area (Å²) in [6.07, 6.45) is 4.57. The molecule has 1 heteroatoms. The Balaban J connectivity index is 1.87. The van der Waals surface area contributed by atoms with Crippen molar-refractivity contribution >= 4 is 5.69 Å². The minimum Gasteiger partial charge on any atom is -0.381 e. The van der Waals surface area contributed by atoms with Gasteiger partial charge in [-0.15, -0.1) is 0 Å². The van der Waals surface area contributed by atoms with Crippen molar-refractivity contribution < 1.29 is 0 Å². The van der Waals surface area contributed by atoms with Gasteiger partial charge in [0, 0.05) is 18.2 Å². The van der Waals surface area contributed by atoms with Gasteiger partial charge >= 0.3 is 0 Å². The maximum Gasteiger partial charge on any atom is 0.0404 e. The van der Waals surface area contributed by atoms with E-state index in [1.54, 1.807) is 0 Å². The van der Waals surface area contributed by atoms with Crippen molar-refractivity contribution in [3.63, 3.8) is 0 Å². The molecule has 3 rings (SSSR count). The molecular formula is C23H27N. The number of hydrogen-bond acceptors (Lipinski definition) is 1. The average molecular weight is 317 g/mol. The lowest BCUT2D eigenvalue weighted by Gasteiger charge is -2.19. The Morgan fingerprint density at radius 3 is 2.21 bits per heavy atom. The van der Waals surface area contributed by atoms with Gasteiger partial charge in [-0.2, -0.15) is 0 Å². The van der Waals surface area contributed by atoms with E-state index in [1.807, 2.05) is 0 Å². The molecule has 1 N–H and O–H groups in total. The number of aryl methyl sites for hydroxylation is 3. The number of nitrogens with one attached hydrogen (secondary N) is 1. The van der Waals surface area contributed by atoms with E-state index in [4.69, 9.17) is 0 Å². The van der Waals surface area contributed by atoms with Crippen molar-refractivity contribution in [1.82, 2.24) is 0 Å². The highest BCUT2D eigenvalue weighted by Crippen LogP contribution is 2.35. The molecule has 1 unspecified atom stereocenters. The van der Waals surface area contributed by atoms with Gasteiger partial charge in [0.05, 0.1) is 0 Å². The largest absolute Gasteiger partial charge is 0.381 e. The van der Waals surface area contributed by atoms with E-state index >= 15 is 0 Å². The number of anilines is 1. The lowest BCUT2D eigenvalue weighted by molar-refractivity contribution is 0.960. The third kappa shape index (κ3) is 3.17. The molecule has 0 radical (unpaired) electrons. The highest BCUT2D eigenvalue weighted by atomic mass is 14.9. The van der Waals surface area contributed by atoms with E-state index < -0.39 is 0 Å². The second-order valence-electron chi connectivity index (χ2n) is 7.03. The Kier molecular flexibility index (Phi) is 4.62. The van der Waals surface area contributed by atoms with Crippen molar-refractivity contribution in [2.45, 2.75) is 47.1 Å². The Hall–Kier alpha value is -2.28. The summed E-state index contributed by atoms with van der Waals surface area (Å²) in [4.78, 5) is 0. The molecule has 24 heavy (non-hydrogen) atoms. The topological polar surface area (TPSA) is 12.0 Å². The lowest BCUT2D eigenvalue weighted by atomic mass is 9.90. The van der Waals surface area contributed by atoms with Gasteiger partial charge in [0.25, 0.3) is 0 Å². The molecule has 0 aromatic heterocycles. The molecule has 1 nitrogen and oxygen atoms in total. The fraction of sp³-hybridized carbons (Fsp3) is 0.304. The summed E-state index contributed by atoms with van der Waals surface area (Å²) in [5, 5.41) is 3.67. The highest BCUT2D eigenvalue weighted by molar-refractivity contribution is 5.59. The zero-order chi connectivity index (χ0) is 17.3. The van der Waals surface area contributed by atoms with Crippen LogP contribution in [0.25, 0.3) is 0 Å². The molecule has 124 valence electrons. The Morgan fingerprint density at radius 1 is 0.917 bits per heavy atom. The first-order valence-electron chi connectivity index (χ1n) is 8.72. The predicted octanol–water partition coefficient (Wildman–Crippen LogP) is 6.21. The normalized spacial score (nSPS) is 16.8. The molecule has 0 fully saturated rings. The summed E-state index contributed by atoms with van der Waals surface area (Å²) in [5.74, 6) is 0.420. The van der Waals surface area contributed by atoms with Crippen LogP contribution in [0.15, 0.2) is 59.7 Å². The van der Waals surface area contributed by atoms with Crippen LogP contribution in [0.5, 0.6) is 0 Å². The van der Waals surface area contributed by atoms with Gasteiger partial charge in [-0.1, -0.05) is 65.3 Å². The zero-order valence-electron chi connectivity index (χ0n) is 15.4. The van der Waals surface area contributed by atoms with E-state index in [9.17, 15) is 0 Å².